The fraction of sp³-hybridized carbons (Fsp3) is 0.581. The number of hydrogen-bond acceptors (Lipinski definition) is 7. The molecule has 0 unspecified atom stereocenters. The lowest BCUT2D eigenvalue weighted by Crippen LogP contribution is -2.53. The van der Waals surface area contributed by atoms with E-state index in [4.69, 9.17) is 0 Å². The lowest BCUT2D eigenvalue weighted by molar-refractivity contribution is -0.146. The third-order valence-electron chi connectivity index (χ3n) is 6.46. The van der Waals surface area contributed by atoms with E-state index in [-0.39, 0.29) is 67.3 Å². The van der Waals surface area contributed by atoms with Gasteiger partial charge in [-0.05, 0) is 16.9 Å². The number of piperazine rings is 1. The summed E-state index contributed by atoms with van der Waals surface area (Å²) in [6.07, 6.45) is 5.08. The zero-order chi connectivity index (χ0) is 32.5. The first kappa shape index (κ1) is 37.7. The highest BCUT2D eigenvalue weighted by molar-refractivity contribution is 6.14. The van der Waals surface area contributed by atoms with E-state index in [1.165, 1.54) is 15.9 Å². The van der Waals surface area contributed by atoms with Gasteiger partial charge in [0.25, 0.3) is 17.7 Å². The number of carbonyl (C=O) groups is 7. The van der Waals surface area contributed by atoms with Gasteiger partial charge in [0.2, 0.25) is 23.6 Å². The van der Waals surface area contributed by atoms with Crippen LogP contribution < -0.4 is 10.6 Å². The molecule has 1 saturated heterocycles. The average Bonchev–Trinajstić information content (AvgIpc) is 3.40. The fourth-order valence-corrected chi connectivity index (χ4v) is 3.93. The van der Waals surface area contributed by atoms with Gasteiger partial charge in [-0.3, -0.25) is 38.5 Å². The Kier molecular flexibility index (Phi) is 13.7. The van der Waals surface area contributed by atoms with Crippen LogP contribution in [0.1, 0.15) is 55.4 Å². The number of carbonyl (C=O) groups excluding carboxylic acids is 7. The second-order valence-electron chi connectivity index (χ2n) is 13.0. The van der Waals surface area contributed by atoms with Crippen LogP contribution in [0, 0.1) is 10.8 Å². The first-order valence-electron chi connectivity index (χ1n) is 14.2. The maximum Gasteiger partial charge on any atom is 0.254 e. The highest BCUT2D eigenvalue weighted by Crippen LogP contribution is 2.14. The summed E-state index contributed by atoms with van der Waals surface area (Å²) < 4.78 is 0. The highest BCUT2D eigenvalue weighted by Gasteiger charge is 2.30. The zero-order valence-electron chi connectivity index (χ0n) is 26.0. The largest absolute Gasteiger partial charge is 0.355 e. The summed E-state index contributed by atoms with van der Waals surface area (Å²) in [7, 11) is 0. The van der Waals surface area contributed by atoms with Crippen LogP contribution in [0.5, 0.6) is 0 Å². The molecular weight excluding hydrogens is 568 g/mol. The van der Waals surface area contributed by atoms with E-state index >= 15 is 0 Å². The Morgan fingerprint density at radius 1 is 0.659 bits per heavy atom. The van der Waals surface area contributed by atoms with Gasteiger partial charge in [-0.25, -0.2) is 0 Å². The molecule has 2 N–H and O–H groups in total. The van der Waals surface area contributed by atoms with Crippen LogP contribution in [-0.2, 0) is 33.6 Å². The molecule has 1 fully saturated rings. The van der Waals surface area contributed by atoms with Crippen LogP contribution >= 0.6 is 0 Å². The minimum atomic E-state index is -0.497. The number of allylic oxidation sites excluding steroid dienone is 1. The van der Waals surface area contributed by atoms with Crippen LogP contribution in [0.2, 0.25) is 0 Å². The third kappa shape index (κ3) is 12.5. The van der Waals surface area contributed by atoms with Crippen molar-refractivity contribution in [2.45, 2.75) is 55.4 Å². The first-order valence-corrected chi connectivity index (χ1v) is 14.2. The molecule has 0 bridgehead atoms. The minimum absolute atomic E-state index is 0. The maximum atomic E-state index is 12.3. The Bertz CT molecular complexity index is 1160. The van der Waals surface area contributed by atoms with Crippen molar-refractivity contribution in [3.63, 3.8) is 0 Å². The summed E-state index contributed by atoms with van der Waals surface area (Å²) in [5.74, 6) is -2.26. The predicted octanol–water partition coefficient (Wildman–Crippen LogP) is 0.832. The van der Waals surface area contributed by atoms with E-state index in [1.807, 2.05) is 41.5 Å². The number of hydrogen-bond donors (Lipinski definition) is 2. The Morgan fingerprint density at radius 2 is 1.07 bits per heavy atom. The number of nitrogens with zero attached hydrogens (tertiary/aromatic N) is 4. The summed E-state index contributed by atoms with van der Waals surface area (Å²) >= 11 is 0. The molecule has 13 heteroatoms. The van der Waals surface area contributed by atoms with Gasteiger partial charge in [-0.15, -0.1) is 0 Å². The number of imide groups is 1. The van der Waals surface area contributed by atoms with Crippen LogP contribution in [0.25, 0.3) is 0 Å². The first-order chi connectivity index (χ1) is 19.9. The summed E-state index contributed by atoms with van der Waals surface area (Å²) in [5.41, 5.74) is 0.550. The molecule has 44 heavy (non-hydrogen) atoms. The molecule has 244 valence electrons. The maximum absolute atomic E-state index is 12.3. The third-order valence-corrected chi connectivity index (χ3v) is 6.46. The second-order valence-corrected chi connectivity index (χ2v) is 13.0. The van der Waals surface area contributed by atoms with Crippen molar-refractivity contribution in [3.8, 4) is 0 Å². The van der Waals surface area contributed by atoms with Gasteiger partial charge in [0.15, 0.2) is 0 Å². The number of rotatable bonds is 8. The molecule has 0 saturated carbocycles. The Morgan fingerprint density at radius 3 is 1.50 bits per heavy atom. The lowest BCUT2D eigenvalue weighted by atomic mass is 9.97. The van der Waals surface area contributed by atoms with E-state index in [0.29, 0.717) is 45.0 Å². The minimum Gasteiger partial charge on any atom is -0.355 e. The molecule has 0 aromatic carbocycles. The summed E-state index contributed by atoms with van der Waals surface area (Å²) in [6.45, 7) is 17.8. The molecule has 3 aliphatic rings. The SMILES string of the molecule is C.C=C1C=CC(=O)N1CC(=O)NCC(C)(C)C.CC(C)(C)CNC(=O)CC(=O)N1CCN(C(=O)CN2C(=O)C=CC2=O)CC1. The molecule has 3 rings (SSSR count). The van der Waals surface area contributed by atoms with Gasteiger partial charge in [0.1, 0.15) is 19.5 Å². The summed E-state index contributed by atoms with van der Waals surface area (Å²) in [6, 6.07) is 0. The van der Waals surface area contributed by atoms with Crippen molar-refractivity contribution < 1.29 is 33.6 Å². The van der Waals surface area contributed by atoms with Gasteiger partial charge in [-0.1, -0.05) is 55.5 Å². The fourth-order valence-electron chi connectivity index (χ4n) is 3.93. The Balaban J connectivity index is 0.000000488. The predicted molar refractivity (Wildman–Crippen MR) is 165 cm³/mol. The van der Waals surface area contributed by atoms with Crippen LogP contribution in [-0.4, -0.2) is 113 Å². The van der Waals surface area contributed by atoms with Crippen LogP contribution in [0.4, 0.5) is 0 Å². The van der Waals surface area contributed by atoms with Crippen molar-refractivity contribution in [2.24, 2.45) is 10.8 Å². The molecule has 13 nitrogen and oxygen atoms in total. The summed E-state index contributed by atoms with van der Waals surface area (Å²) in [4.78, 5) is 87.6. The van der Waals surface area contributed by atoms with E-state index in [1.54, 1.807) is 11.0 Å². The van der Waals surface area contributed by atoms with Crippen molar-refractivity contribution >= 4 is 41.4 Å². The smallest absolute Gasteiger partial charge is 0.254 e. The molecular formula is C31H48N6O7. The van der Waals surface area contributed by atoms with Gasteiger partial charge < -0.3 is 25.3 Å². The van der Waals surface area contributed by atoms with E-state index in [0.717, 1.165) is 17.1 Å². The standard InChI is InChI=1S/C18H26N4O5.C12H18N2O2.CH4/c1-18(2,3)12-19-13(23)10-16(26)20-6-8-21(9-7-20)17(27)11-22-14(24)4-5-15(22)25;1-9-5-6-11(16)14(9)7-10(15)13-8-12(2,3)4;/h4-5H,6-12H2,1-3H3,(H,19,23);5-6H,1,7-8H2,2-4H3,(H,13,15);1H4. The molecule has 0 spiro atoms. The molecule has 3 aliphatic heterocycles. The molecule has 7 amide bonds. The van der Waals surface area contributed by atoms with Gasteiger partial charge in [0.05, 0.1) is 0 Å². The highest BCUT2D eigenvalue weighted by atomic mass is 16.2. The molecule has 0 aromatic rings. The number of nitrogens with one attached hydrogen (secondary N) is 2. The van der Waals surface area contributed by atoms with Crippen LogP contribution in [0.3, 0.4) is 0 Å². The van der Waals surface area contributed by atoms with Crippen LogP contribution in [0.15, 0.2) is 36.6 Å². The van der Waals surface area contributed by atoms with Gasteiger partial charge in [0, 0.05) is 63.2 Å². The van der Waals surface area contributed by atoms with Crippen molar-refractivity contribution in [2.75, 3.05) is 52.4 Å². The topological polar surface area (TPSA) is 157 Å². The molecule has 0 aromatic heterocycles. The van der Waals surface area contributed by atoms with Crippen molar-refractivity contribution in [3.05, 3.63) is 36.6 Å². The Hall–Kier alpha value is -4.29. The summed E-state index contributed by atoms with van der Waals surface area (Å²) in [5, 5.41) is 5.53. The molecule has 0 aliphatic carbocycles. The Labute approximate surface area is 260 Å². The van der Waals surface area contributed by atoms with Crippen molar-refractivity contribution in [1.82, 2.24) is 30.2 Å². The zero-order valence-corrected chi connectivity index (χ0v) is 26.0. The lowest BCUT2D eigenvalue weighted by Gasteiger charge is -2.35. The average molecular weight is 617 g/mol. The normalized spacial score (nSPS) is 16.5. The quantitative estimate of drug-likeness (QED) is 0.302. The second kappa shape index (κ2) is 16.0. The van der Waals surface area contributed by atoms with E-state index in [9.17, 15) is 33.6 Å². The van der Waals surface area contributed by atoms with Gasteiger partial charge >= 0.3 is 0 Å². The van der Waals surface area contributed by atoms with Gasteiger partial charge in [-0.2, -0.15) is 0 Å². The molecule has 0 radical (unpaired) electrons. The van der Waals surface area contributed by atoms with E-state index in [2.05, 4.69) is 17.2 Å². The monoisotopic (exact) mass is 616 g/mol. The van der Waals surface area contributed by atoms with Crippen molar-refractivity contribution in [1.29, 1.82) is 0 Å². The molecule has 3 heterocycles. The molecule has 0 atom stereocenters. The number of amides is 7. The van der Waals surface area contributed by atoms with E-state index < -0.39 is 11.8 Å².